The van der Waals surface area contributed by atoms with Crippen molar-refractivity contribution in [3.8, 4) is 6.07 Å². The maximum absolute atomic E-state index is 12.1. The van der Waals surface area contributed by atoms with Crippen LogP contribution in [0.5, 0.6) is 0 Å². The third-order valence-electron chi connectivity index (χ3n) is 4.06. The van der Waals surface area contributed by atoms with E-state index in [1.807, 2.05) is 11.0 Å². The molecule has 23 heavy (non-hydrogen) atoms. The molecule has 0 spiro atoms. The van der Waals surface area contributed by atoms with Gasteiger partial charge in [-0.25, -0.2) is 0 Å². The molecule has 0 atom stereocenters. The Morgan fingerprint density at radius 3 is 2.48 bits per heavy atom. The van der Waals surface area contributed by atoms with Crippen molar-refractivity contribution in [2.24, 2.45) is 0 Å². The summed E-state index contributed by atoms with van der Waals surface area (Å²) in [5, 5.41) is 11.5. The normalized spacial score (nSPS) is 15.0. The van der Waals surface area contributed by atoms with Crippen molar-refractivity contribution < 1.29 is 14.5 Å². The number of carbonyl (C=O) groups excluding carboxylic acids is 2. The maximum atomic E-state index is 12.1. The van der Waals surface area contributed by atoms with Crippen LogP contribution in [0.1, 0.15) is 24.8 Å². The molecule has 0 bridgehead atoms. The number of hydrogen-bond donors (Lipinski definition) is 2. The molecule has 1 aliphatic heterocycles. The van der Waals surface area contributed by atoms with E-state index in [-0.39, 0.29) is 11.8 Å². The highest BCUT2D eigenvalue weighted by Crippen LogP contribution is 2.10. The van der Waals surface area contributed by atoms with Gasteiger partial charge in [-0.1, -0.05) is 0 Å². The first kappa shape index (κ1) is 17.0. The SMILES string of the molecule is C[NH+]1CCN(C(=O)CCCC(=O)Nc2ccc(C#N)cc2)CC1. The lowest BCUT2D eigenvalue weighted by Gasteiger charge is -2.30. The number of nitrogens with one attached hydrogen (secondary N) is 2. The van der Waals surface area contributed by atoms with Crippen LogP contribution in [0.25, 0.3) is 0 Å². The molecule has 1 heterocycles. The van der Waals surface area contributed by atoms with Gasteiger partial charge in [0.15, 0.2) is 0 Å². The van der Waals surface area contributed by atoms with Crippen molar-refractivity contribution >= 4 is 17.5 Å². The summed E-state index contributed by atoms with van der Waals surface area (Å²) in [5.74, 6) is 0.0361. The summed E-state index contributed by atoms with van der Waals surface area (Å²) in [6.07, 6.45) is 1.30. The van der Waals surface area contributed by atoms with E-state index in [0.29, 0.717) is 30.5 Å². The van der Waals surface area contributed by atoms with Gasteiger partial charge in [0.1, 0.15) is 0 Å². The number of benzene rings is 1. The molecule has 6 heteroatoms. The van der Waals surface area contributed by atoms with E-state index in [1.165, 1.54) is 4.90 Å². The lowest BCUT2D eigenvalue weighted by Crippen LogP contribution is -3.12. The second kappa shape index (κ2) is 8.30. The largest absolute Gasteiger partial charge is 0.334 e. The van der Waals surface area contributed by atoms with Crippen LogP contribution >= 0.6 is 0 Å². The number of piperazine rings is 1. The van der Waals surface area contributed by atoms with Crippen LogP contribution in [0.4, 0.5) is 5.69 Å². The first-order valence-electron chi connectivity index (χ1n) is 7.97. The fourth-order valence-corrected chi connectivity index (χ4v) is 2.55. The fourth-order valence-electron chi connectivity index (χ4n) is 2.55. The summed E-state index contributed by atoms with van der Waals surface area (Å²) in [4.78, 5) is 27.3. The summed E-state index contributed by atoms with van der Waals surface area (Å²) in [5.41, 5.74) is 1.23. The summed E-state index contributed by atoms with van der Waals surface area (Å²) in [6.45, 7) is 3.60. The minimum atomic E-state index is -0.106. The van der Waals surface area contributed by atoms with E-state index < -0.39 is 0 Å². The second-order valence-corrected chi connectivity index (χ2v) is 5.93. The highest BCUT2D eigenvalue weighted by atomic mass is 16.2. The zero-order chi connectivity index (χ0) is 16.7. The van der Waals surface area contributed by atoms with Crippen molar-refractivity contribution in [2.75, 3.05) is 38.5 Å². The van der Waals surface area contributed by atoms with Gasteiger partial charge in [0.25, 0.3) is 0 Å². The molecule has 2 N–H and O–H groups in total. The topological polar surface area (TPSA) is 77.6 Å². The van der Waals surface area contributed by atoms with Crippen LogP contribution in [0.15, 0.2) is 24.3 Å². The van der Waals surface area contributed by atoms with Gasteiger partial charge in [0, 0.05) is 18.5 Å². The summed E-state index contributed by atoms with van der Waals surface area (Å²) in [7, 11) is 2.13. The number of amides is 2. The third kappa shape index (κ3) is 5.38. The lowest BCUT2D eigenvalue weighted by molar-refractivity contribution is -0.883. The first-order chi connectivity index (χ1) is 11.1. The smallest absolute Gasteiger partial charge is 0.224 e. The summed E-state index contributed by atoms with van der Waals surface area (Å²) in [6, 6.07) is 8.76. The Kier molecular flexibility index (Phi) is 6.12. The van der Waals surface area contributed by atoms with Gasteiger partial charge >= 0.3 is 0 Å². The fraction of sp³-hybridized carbons (Fsp3) is 0.471. The van der Waals surface area contributed by atoms with E-state index in [0.717, 1.165) is 26.2 Å². The molecule has 0 aliphatic carbocycles. The van der Waals surface area contributed by atoms with Crippen molar-refractivity contribution in [3.05, 3.63) is 29.8 Å². The molecule has 1 fully saturated rings. The van der Waals surface area contributed by atoms with Crippen LogP contribution < -0.4 is 10.2 Å². The average Bonchev–Trinajstić information content (AvgIpc) is 2.56. The number of nitriles is 1. The van der Waals surface area contributed by atoms with Crippen LogP contribution in [0.2, 0.25) is 0 Å². The Hall–Kier alpha value is -2.39. The van der Waals surface area contributed by atoms with Gasteiger partial charge < -0.3 is 15.1 Å². The molecule has 1 aromatic rings. The van der Waals surface area contributed by atoms with E-state index in [1.54, 1.807) is 24.3 Å². The predicted molar refractivity (Wildman–Crippen MR) is 86.8 cm³/mol. The van der Waals surface area contributed by atoms with Gasteiger partial charge in [-0.3, -0.25) is 9.59 Å². The number of anilines is 1. The van der Waals surface area contributed by atoms with Crippen molar-refractivity contribution in [1.82, 2.24) is 4.90 Å². The van der Waals surface area contributed by atoms with Gasteiger partial charge in [0.05, 0.1) is 44.9 Å². The minimum absolute atomic E-state index is 0.106. The zero-order valence-electron chi connectivity index (χ0n) is 13.5. The number of rotatable bonds is 5. The second-order valence-electron chi connectivity index (χ2n) is 5.93. The van der Waals surface area contributed by atoms with Crippen LogP contribution in [-0.4, -0.2) is 49.9 Å². The van der Waals surface area contributed by atoms with E-state index in [4.69, 9.17) is 5.26 Å². The Morgan fingerprint density at radius 1 is 1.22 bits per heavy atom. The van der Waals surface area contributed by atoms with Crippen LogP contribution in [-0.2, 0) is 9.59 Å². The summed E-state index contributed by atoms with van der Waals surface area (Å²) < 4.78 is 0. The van der Waals surface area contributed by atoms with E-state index >= 15 is 0 Å². The molecule has 1 saturated heterocycles. The molecule has 0 saturated carbocycles. The molecule has 0 radical (unpaired) electrons. The van der Waals surface area contributed by atoms with E-state index in [9.17, 15) is 9.59 Å². The number of nitrogens with zero attached hydrogens (tertiary/aromatic N) is 2. The van der Waals surface area contributed by atoms with Gasteiger partial charge in [-0.15, -0.1) is 0 Å². The standard InChI is InChI=1S/C17H22N4O2/c1-20-9-11-21(12-10-20)17(23)4-2-3-16(22)19-15-7-5-14(13-18)6-8-15/h5-8H,2-4,9-12H2,1H3,(H,19,22)/p+1. The highest BCUT2D eigenvalue weighted by molar-refractivity contribution is 5.91. The lowest BCUT2D eigenvalue weighted by atomic mass is 10.2. The van der Waals surface area contributed by atoms with Crippen molar-refractivity contribution in [1.29, 1.82) is 5.26 Å². The van der Waals surface area contributed by atoms with Gasteiger partial charge in [0.2, 0.25) is 11.8 Å². The van der Waals surface area contributed by atoms with Crippen molar-refractivity contribution in [2.45, 2.75) is 19.3 Å². The Morgan fingerprint density at radius 2 is 1.87 bits per heavy atom. The Labute approximate surface area is 136 Å². The highest BCUT2D eigenvalue weighted by Gasteiger charge is 2.20. The molecule has 0 aromatic heterocycles. The molecule has 0 unspecified atom stereocenters. The number of likely N-dealkylation sites (N-methyl/N-ethyl adjacent to an activating group) is 1. The predicted octanol–water partition coefficient (Wildman–Crippen LogP) is 0.0240. The molecule has 122 valence electrons. The van der Waals surface area contributed by atoms with Crippen LogP contribution in [0.3, 0.4) is 0 Å². The molecule has 6 nitrogen and oxygen atoms in total. The van der Waals surface area contributed by atoms with Crippen LogP contribution in [0, 0.1) is 11.3 Å². The maximum Gasteiger partial charge on any atom is 0.224 e. The minimum Gasteiger partial charge on any atom is -0.334 e. The molecule has 1 aliphatic rings. The molecular weight excluding hydrogens is 292 g/mol. The first-order valence-corrected chi connectivity index (χ1v) is 7.97. The number of quaternary nitrogens is 1. The quantitative estimate of drug-likeness (QED) is 0.804. The third-order valence-corrected chi connectivity index (χ3v) is 4.06. The molecule has 2 rings (SSSR count). The summed E-state index contributed by atoms with van der Waals surface area (Å²) >= 11 is 0. The monoisotopic (exact) mass is 315 g/mol. The average molecular weight is 315 g/mol. The zero-order valence-corrected chi connectivity index (χ0v) is 13.5. The van der Waals surface area contributed by atoms with Gasteiger partial charge in [-0.2, -0.15) is 5.26 Å². The molecule has 1 aromatic carbocycles. The Bertz CT molecular complexity index is 584. The van der Waals surface area contributed by atoms with E-state index in [2.05, 4.69) is 12.4 Å². The van der Waals surface area contributed by atoms with Crippen molar-refractivity contribution in [3.63, 3.8) is 0 Å². The number of hydrogen-bond acceptors (Lipinski definition) is 3. The van der Waals surface area contributed by atoms with Gasteiger partial charge in [-0.05, 0) is 30.7 Å². The molecular formula is C17H23N4O2+. The molecule has 2 amide bonds. The Balaban J connectivity index is 1.68. The number of carbonyl (C=O) groups is 2.